The van der Waals surface area contributed by atoms with E-state index >= 15 is 0 Å². The van der Waals surface area contributed by atoms with Gasteiger partial charge in [0.1, 0.15) is 11.8 Å². The Balaban J connectivity index is 2.18. The van der Waals surface area contributed by atoms with Crippen molar-refractivity contribution in [3.05, 3.63) is 63.6 Å². The lowest BCUT2D eigenvalue weighted by Gasteiger charge is -2.31. The van der Waals surface area contributed by atoms with Gasteiger partial charge >= 0.3 is 0 Å². The molecule has 0 aromatic heterocycles. The first kappa shape index (κ1) is 25.0. The topological polar surface area (TPSA) is 58.6 Å². The normalized spacial score (nSPS) is 12.2. The molecule has 0 radical (unpaired) electrons. The minimum absolute atomic E-state index is 0.181. The number of halogens is 2. The van der Waals surface area contributed by atoms with E-state index in [0.717, 1.165) is 12.0 Å². The van der Waals surface area contributed by atoms with Crippen LogP contribution in [0.5, 0.6) is 5.75 Å². The van der Waals surface area contributed by atoms with Crippen LogP contribution in [0.3, 0.4) is 0 Å². The van der Waals surface area contributed by atoms with E-state index in [4.69, 9.17) is 27.9 Å². The molecule has 0 bridgehead atoms. The summed E-state index contributed by atoms with van der Waals surface area (Å²) in [6.07, 6.45) is 0.928. The third kappa shape index (κ3) is 7.75. The minimum atomic E-state index is -0.702. The molecule has 5 nitrogen and oxygen atoms in total. The lowest BCUT2D eigenvalue weighted by Crippen LogP contribution is -2.53. The van der Waals surface area contributed by atoms with Gasteiger partial charge in [0.05, 0.1) is 10.0 Å². The Kier molecular flexibility index (Phi) is 8.78. The van der Waals surface area contributed by atoms with Gasteiger partial charge in [-0.1, -0.05) is 48.3 Å². The fraction of sp³-hybridized carbons (Fsp3) is 0.417. The molecule has 0 spiro atoms. The summed E-state index contributed by atoms with van der Waals surface area (Å²) in [7, 11) is 0. The van der Waals surface area contributed by atoms with Gasteiger partial charge in [-0.15, -0.1) is 0 Å². The first-order valence-corrected chi connectivity index (χ1v) is 11.0. The average molecular weight is 465 g/mol. The zero-order valence-corrected chi connectivity index (χ0v) is 20.2. The standard InChI is InChI=1S/C24H30Cl2N2O3/c1-6-17-7-10-19(11-8-17)31-15-22(29)28(16(2)23(30)27-24(3,4)5)14-18-9-12-20(25)21(26)13-18/h7-13,16H,6,14-15H2,1-5H3,(H,27,30)/t16-/m1/s1. The van der Waals surface area contributed by atoms with Crippen LogP contribution in [0.2, 0.25) is 10.0 Å². The number of nitrogens with one attached hydrogen (secondary N) is 1. The van der Waals surface area contributed by atoms with Crippen LogP contribution < -0.4 is 10.1 Å². The molecular formula is C24H30Cl2N2O3. The van der Waals surface area contributed by atoms with Gasteiger partial charge in [-0.05, 0) is 69.5 Å². The Morgan fingerprint density at radius 1 is 1.03 bits per heavy atom. The van der Waals surface area contributed by atoms with Crippen LogP contribution in [0.15, 0.2) is 42.5 Å². The number of rotatable bonds is 8. The van der Waals surface area contributed by atoms with Crippen molar-refractivity contribution in [3.8, 4) is 5.75 Å². The van der Waals surface area contributed by atoms with Crippen molar-refractivity contribution in [1.82, 2.24) is 10.2 Å². The number of carbonyl (C=O) groups excluding carboxylic acids is 2. The predicted octanol–water partition coefficient (Wildman–Crippen LogP) is 5.27. The van der Waals surface area contributed by atoms with Crippen molar-refractivity contribution >= 4 is 35.0 Å². The average Bonchev–Trinajstić information content (AvgIpc) is 2.71. The van der Waals surface area contributed by atoms with E-state index in [2.05, 4.69) is 12.2 Å². The second kappa shape index (κ2) is 10.9. The fourth-order valence-corrected chi connectivity index (χ4v) is 3.26. The summed E-state index contributed by atoms with van der Waals surface area (Å²) in [4.78, 5) is 27.3. The number of aryl methyl sites for hydroxylation is 1. The van der Waals surface area contributed by atoms with Crippen LogP contribution in [0.1, 0.15) is 45.7 Å². The molecule has 0 saturated carbocycles. The minimum Gasteiger partial charge on any atom is -0.484 e. The molecule has 0 aliphatic carbocycles. The van der Waals surface area contributed by atoms with Crippen molar-refractivity contribution in [2.45, 2.75) is 59.2 Å². The summed E-state index contributed by atoms with van der Waals surface area (Å²) < 4.78 is 5.69. The third-order valence-electron chi connectivity index (χ3n) is 4.70. The lowest BCUT2D eigenvalue weighted by atomic mass is 10.1. The zero-order valence-electron chi connectivity index (χ0n) is 18.7. The Morgan fingerprint density at radius 3 is 2.19 bits per heavy atom. The predicted molar refractivity (Wildman–Crippen MR) is 126 cm³/mol. The zero-order chi connectivity index (χ0) is 23.2. The van der Waals surface area contributed by atoms with Crippen LogP contribution in [0.25, 0.3) is 0 Å². The van der Waals surface area contributed by atoms with E-state index in [1.807, 2.05) is 45.0 Å². The molecule has 0 aliphatic heterocycles. The molecule has 2 aromatic carbocycles. The maximum atomic E-state index is 13.1. The molecule has 0 unspecified atom stereocenters. The quantitative estimate of drug-likeness (QED) is 0.578. The maximum Gasteiger partial charge on any atom is 0.261 e. The fourth-order valence-electron chi connectivity index (χ4n) is 2.94. The molecule has 0 fully saturated rings. The van der Waals surface area contributed by atoms with E-state index in [1.165, 1.54) is 10.5 Å². The second-order valence-electron chi connectivity index (χ2n) is 8.47. The molecule has 2 amide bonds. The highest BCUT2D eigenvalue weighted by Crippen LogP contribution is 2.24. The molecule has 0 heterocycles. The third-order valence-corrected chi connectivity index (χ3v) is 5.44. The largest absolute Gasteiger partial charge is 0.484 e. The number of hydrogen-bond donors (Lipinski definition) is 1. The SMILES string of the molecule is CCc1ccc(OCC(=O)N(Cc2ccc(Cl)c(Cl)c2)[C@H](C)C(=O)NC(C)(C)C)cc1. The Hall–Kier alpha value is -2.24. The number of amides is 2. The Labute approximate surface area is 194 Å². The van der Waals surface area contributed by atoms with Gasteiger partial charge in [0.15, 0.2) is 6.61 Å². The summed E-state index contributed by atoms with van der Waals surface area (Å²) in [6.45, 7) is 9.48. The van der Waals surface area contributed by atoms with Crippen LogP contribution in [-0.4, -0.2) is 34.9 Å². The molecule has 1 atom stereocenters. The Morgan fingerprint density at radius 2 is 1.65 bits per heavy atom. The van der Waals surface area contributed by atoms with Crippen molar-refractivity contribution in [2.24, 2.45) is 0 Å². The number of carbonyl (C=O) groups is 2. The molecule has 7 heteroatoms. The van der Waals surface area contributed by atoms with Crippen LogP contribution >= 0.6 is 23.2 Å². The van der Waals surface area contributed by atoms with Crippen LogP contribution in [0.4, 0.5) is 0 Å². The number of hydrogen-bond acceptors (Lipinski definition) is 3. The molecule has 31 heavy (non-hydrogen) atoms. The summed E-state index contributed by atoms with van der Waals surface area (Å²) in [6, 6.07) is 12.1. The first-order valence-electron chi connectivity index (χ1n) is 10.3. The molecule has 1 N–H and O–H groups in total. The number of nitrogens with zero attached hydrogens (tertiary/aromatic N) is 1. The lowest BCUT2D eigenvalue weighted by molar-refractivity contribution is -0.142. The second-order valence-corrected chi connectivity index (χ2v) is 9.29. The van der Waals surface area contributed by atoms with Gasteiger partial charge < -0.3 is 15.0 Å². The van der Waals surface area contributed by atoms with Crippen molar-refractivity contribution in [2.75, 3.05) is 6.61 Å². The highest BCUT2D eigenvalue weighted by atomic mass is 35.5. The monoisotopic (exact) mass is 464 g/mol. The van der Waals surface area contributed by atoms with Crippen LogP contribution in [0, 0.1) is 0 Å². The summed E-state index contributed by atoms with van der Waals surface area (Å²) >= 11 is 12.1. The highest BCUT2D eigenvalue weighted by Gasteiger charge is 2.28. The molecule has 2 aromatic rings. The summed E-state index contributed by atoms with van der Waals surface area (Å²) in [5.74, 6) is 0.0576. The van der Waals surface area contributed by atoms with Gasteiger partial charge in [-0.2, -0.15) is 0 Å². The van der Waals surface area contributed by atoms with E-state index in [1.54, 1.807) is 25.1 Å². The molecule has 0 aliphatic rings. The Bertz CT molecular complexity index is 908. The summed E-state index contributed by atoms with van der Waals surface area (Å²) in [5.41, 5.74) is 1.54. The van der Waals surface area contributed by atoms with Gasteiger partial charge in [-0.3, -0.25) is 9.59 Å². The smallest absolute Gasteiger partial charge is 0.261 e. The number of benzene rings is 2. The van der Waals surface area contributed by atoms with E-state index in [-0.39, 0.29) is 25.0 Å². The van der Waals surface area contributed by atoms with Gasteiger partial charge in [0.2, 0.25) is 5.91 Å². The molecule has 0 saturated heterocycles. The number of ether oxygens (including phenoxy) is 1. The molecular weight excluding hydrogens is 435 g/mol. The van der Waals surface area contributed by atoms with E-state index in [9.17, 15) is 9.59 Å². The van der Waals surface area contributed by atoms with Gasteiger partial charge in [0, 0.05) is 12.1 Å². The molecule has 2 rings (SSSR count). The van der Waals surface area contributed by atoms with Crippen molar-refractivity contribution in [1.29, 1.82) is 0 Å². The van der Waals surface area contributed by atoms with E-state index in [0.29, 0.717) is 15.8 Å². The molecule has 168 valence electrons. The van der Waals surface area contributed by atoms with Crippen molar-refractivity contribution < 1.29 is 14.3 Å². The highest BCUT2D eigenvalue weighted by molar-refractivity contribution is 6.42. The first-order chi connectivity index (χ1) is 14.5. The van der Waals surface area contributed by atoms with E-state index < -0.39 is 11.6 Å². The van der Waals surface area contributed by atoms with Gasteiger partial charge in [-0.25, -0.2) is 0 Å². The van der Waals surface area contributed by atoms with Crippen LogP contribution in [-0.2, 0) is 22.6 Å². The van der Waals surface area contributed by atoms with Gasteiger partial charge in [0.25, 0.3) is 5.91 Å². The maximum absolute atomic E-state index is 13.1. The summed E-state index contributed by atoms with van der Waals surface area (Å²) in [5, 5.41) is 3.75. The van der Waals surface area contributed by atoms with Crippen molar-refractivity contribution in [3.63, 3.8) is 0 Å².